The Morgan fingerprint density at radius 3 is 2.15 bits per heavy atom. The molecule has 0 spiro atoms. The molecule has 0 aliphatic heterocycles. The summed E-state index contributed by atoms with van der Waals surface area (Å²) >= 11 is 3.17. The van der Waals surface area contributed by atoms with E-state index in [1.165, 1.54) is 24.3 Å². The van der Waals surface area contributed by atoms with E-state index in [2.05, 4.69) is 15.9 Å². The van der Waals surface area contributed by atoms with Gasteiger partial charge in [-0.2, -0.15) is 18.4 Å². The molecule has 1 aromatic rings. The summed E-state index contributed by atoms with van der Waals surface area (Å²) in [7, 11) is 0. The molecule has 1 aliphatic carbocycles. The van der Waals surface area contributed by atoms with E-state index in [9.17, 15) is 27.6 Å². The van der Waals surface area contributed by atoms with E-state index in [4.69, 9.17) is 5.73 Å². The zero-order valence-electron chi connectivity index (χ0n) is 14.9. The van der Waals surface area contributed by atoms with Crippen LogP contribution in [0.5, 0.6) is 0 Å². The molecular weight excluding hydrogens is 430 g/mol. The number of benzene rings is 1. The normalized spacial score (nSPS) is 18.6. The minimum absolute atomic E-state index is 0.143. The highest BCUT2D eigenvalue weighted by atomic mass is 79.9. The number of carbonyl (C=O) groups is 1. The van der Waals surface area contributed by atoms with Gasteiger partial charge in [0.2, 0.25) is 5.91 Å². The van der Waals surface area contributed by atoms with Crippen molar-refractivity contribution in [3.63, 3.8) is 0 Å². The minimum atomic E-state index is -4.80. The number of carbonyl (C=O) groups excluding carboxylic acids is 1. The van der Waals surface area contributed by atoms with Crippen LogP contribution in [0.15, 0.2) is 28.7 Å². The Labute approximate surface area is 163 Å². The van der Waals surface area contributed by atoms with Crippen LogP contribution in [-0.2, 0) is 4.79 Å². The lowest BCUT2D eigenvalue weighted by molar-refractivity contribution is -0.201. The van der Waals surface area contributed by atoms with Gasteiger partial charge >= 0.3 is 6.18 Å². The number of primary amides is 1. The van der Waals surface area contributed by atoms with Crippen LogP contribution in [0.4, 0.5) is 17.6 Å². The Hall–Kier alpha value is -1.66. The molecular formula is C18H20BrF4N3O. The van der Waals surface area contributed by atoms with E-state index >= 15 is 0 Å². The second-order valence-corrected chi connectivity index (χ2v) is 8.30. The molecule has 0 radical (unpaired) electrons. The van der Waals surface area contributed by atoms with Crippen molar-refractivity contribution in [3.05, 3.63) is 34.3 Å². The molecule has 1 saturated carbocycles. The fourth-order valence-corrected chi connectivity index (χ4v) is 3.48. The molecule has 1 aliphatic rings. The van der Waals surface area contributed by atoms with Crippen molar-refractivity contribution in [1.29, 1.82) is 5.26 Å². The third-order valence-electron chi connectivity index (χ3n) is 4.54. The van der Waals surface area contributed by atoms with Crippen LogP contribution in [0, 0.1) is 11.3 Å². The SMILES string of the molecule is CC(C)(F)C[C@@H](C(N)=O)N([C@@H](c1ccc(Br)cc1)C(F)(F)F)C1(C#N)CC1. The first-order chi connectivity index (χ1) is 12.3. The van der Waals surface area contributed by atoms with Crippen LogP contribution in [-0.4, -0.2) is 34.2 Å². The number of rotatable bonds is 7. The van der Waals surface area contributed by atoms with Crippen molar-refractivity contribution in [2.75, 3.05) is 0 Å². The van der Waals surface area contributed by atoms with E-state index in [0.717, 1.165) is 18.7 Å². The molecule has 4 nitrogen and oxygen atoms in total. The molecule has 9 heteroatoms. The molecule has 1 amide bonds. The highest BCUT2D eigenvalue weighted by Crippen LogP contribution is 2.52. The molecule has 27 heavy (non-hydrogen) atoms. The van der Waals surface area contributed by atoms with Crippen LogP contribution >= 0.6 is 15.9 Å². The number of nitrogens with zero attached hydrogens (tertiary/aromatic N) is 2. The van der Waals surface area contributed by atoms with Gasteiger partial charge in [0, 0.05) is 10.9 Å². The second kappa shape index (κ2) is 7.40. The summed E-state index contributed by atoms with van der Waals surface area (Å²) in [4.78, 5) is 12.8. The fraction of sp³-hybridized carbons (Fsp3) is 0.556. The smallest absolute Gasteiger partial charge is 0.368 e. The molecule has 1 fully saturated rings. The first-order valence-corrected chi connectivity index (χ1v) is 9.10. The number of halogens is 5. The second-order valence-electron chi connectivity index (χ2n) is 7.39. The molecule has 0 heterocycles. The minimum Gasteiger partial charge on any atom is -0.368 e. The molecule has 0 aromatic heterocycles. The van der Waals surface area contributed by atoms with Gasteiger partial charge in [0.25, 0.3) is 0 Å². The molecule has 148 valence electrons. The average molecular weight is 450 g/mol. The largest absolute Gasteiger partial charge is 0.408 e. The van der Waals surface area contributed by atoms with Crippen LogP contribution in [0.25, 0.3) is 0 Å². The Balaban J connectivity index is 2.63. The van der Waals surface area contributed by atoms with Gasteiger partial charge in [0.1, 0.15) is 17.2 Å². The quantitative estimate of drug-likeness (QED) is 0.626. The maximum Gasteiger partial charge on any atom is 0.408 e. The predicted molar refractivity (Wildman–Crippen MR) is 95.1 cm³/mol. The van der Waals surface area contributed by atoms with E-state index in [1.54, 1.807) is 0 Å². The van der Waals surface area contributed by atoms with Crippen molar-refractivity contribution >= 4 is 21.8 Å². The summed E-state index contributed by atoms with van der Waals surface area (Å²) in [6.07, 6.45) is -5.03. The lowest BCUT2D eigenvalue weighted by Crippen LogP contribution is -2.57. The molecule has 2 rings (SSSR count). The Morgan fingerprint density at radius 1 is 1.30 bits per heavy atom. The first-order valence-electron chi connectivity index (χ1n) is 8.31. The van der Waals surface area contributed by atoms with E-state index in [0.29, 0.717) is 4.47 Å². The lowest BCUT2D eigenvalue weighted by Gasteiger charge is -2.42. The summed E-state index contributed by atoms with van der Waals surface area (Å²) in [5.74, 6) is -1.09. The molecule has 1 aromatic carbocycles. The maximum atomic E-state index is 14.3. The number of hydrogen-bond acceptors (Lipinski definition) is 3. The monoisotopic (exact) mass is 449 g/mol. The molecule has 0 unspecified atom stereocenters. The van der Waals surface area contributed by atoms with E-state index in [-0.39, 0.29) is 18.4 Å². The van der Waals surface area contributed by atoms with Crippen molar-refractivity contribution in [2.45, 2.75) is 62.6 Å². The zero-order valence-corrected chi connectivity index (χ0v) is 16.4. The third kappa shape index (κ3) is 4.99. The number of nitriles is 1. The van der Waals surface area contributed by atoms with Crippen molar-refractivity contribution in [3.8, 4) is 6.07 Å². The summed E-state index contributed by atoms with van der Waals surface area (Å²) in [6.45, 7) is 2.32. The third-order valence-corrected chi connectivity index (χ3v) is 5.07. The lowest BCUT2D eigenvalue weighted by atomic mass is 9.93. The number of nitrogens with two attached hydrogens (primary N) is 1. The summed E-state index contributed by atoms with van der Waals surface area (Å²) in [5, 5.41) is 9.55. The van der Waals surface area contributed by atoms with Gasteiger partial charge in [-0.15, -0.1) is 0 Å². The van der Waals surface area contributed by atoms with Gasteiger partial charge in [0.05, 0.1) is 12.1 Å². The van der Waals surface area contributed by atoms with Crippen LogP contribution in [0.1, 0.15) is 44.7 Å². The van der Waals surface area contributed by atoms with Gasteiger partial charge in [-0.25, -0.2) is 4.39 Å². The maximum absolute atomic E-state index is 14.3. The molecule has 2 N–H and O–H groups in total. The predicted octanol–water partition coefficient (Wildman–Crippen LogP) is 4.40. The highest BCUT2D eigenvalue weighted by Gasteiger charge is 2.61. The summed E-state index contributed by atoms with van der Waals surface area (Å²) < 4.78 is 57.2. The van der Waals surface area contributed by atoms with Crippen molar-refractivity contribution < 1.29 is 22.4 Å². The van der Waals surface area contributed by atoms with Gasteiger partial charge in [0.15, 0.2) is 0 Å². The Morgan fingerprint density at radius 2 is 1.81 bits per heavy atom. The van der Waals surface area contributed by atoms with Gasteiger partial charge < -0.3 is 5.73 Å². The first kappa shape index (κ1) is 21.6. The molecule has 2 atom stereocenters. The standard InChI is InChI=1S/C18H20BrF4N3O/c1-16(2,20)9-13(15(25)27)26(17(10-24)7-8-17)14(18(21,22)23)11-3-5-12(19)6-4-11/h3-6,13-14H,7-9H2,1-2H3,(H2,25,27)/t13-,14-/m0/s1. The number of alkyl halides is 4. The van der Waals surface area contributed by atoms with Crippen molar-refractivity contribution in [2.24, 2.45) is 5.73 Å². The average Bonchev–Trinajstić information content (AvgIpc) is 3.30. The van der Waals surface area contributed by atoms with Gasteiger partial charge in [-0.1, -0.05) is 28.1 Å². The van der Waals surface area contributed by atoms with Crippen molar-refractivity contribution in [1.82, 2.24) is 4.90 Å². The summed E-state index contributed by atoms with van der Waals surface area (Å²) in [6, 6.07) is 3.47. The molecule has 0 saturated heterocycles. The zero-order chi connectivity index (χ0) is 20.6. The Kier molecular flexibility index (Phi) is 5.93. The highest BCUT2D eigenvalue weighted by molar-refractivity contribution is 9.10. The molecule has 0 bridgehead atoms. The topological polar surface area (TPSA) is 70.1 Å². The summed E-state index contributed by atoms with van der Waals surface area (Å²) in [5.41, 5.74) is 1.79. The number of hydrogen-bond donors (Lipinski definition) is 1. The van der Waals surface area contributed by atoms with Crippen LogP contribution < -0.4 is 5.73 Å². The van der Waals surface area contributed by atoms with Gasteiger partial charge in [-0.05, 0) is 44.4 Å². The van der Waals surface area contributed by atoms with Crippen LogP contribution in [0.2, 0.25) is 0 Å². The van der Waals surface area contributed by atoms with E-state index < -0.39 is 41.8 Å². The van der Waals surface area contributed by atoms with Gasteiger partial charge in [-0.3, -0.25) is 9.69 Å². The van der Waals surface area contributed by atoms with Crippen LogP contribution in [0.3, 0.4) is 0 Å². The fourth-order valence-electron chi connectivity index (χ4n) is 3.22. The number of amides is 1. The Bertz CT molecular complexity index is 733. The van der Waals surface area contributed by atoms with E-state index in [1.807, 2.05) is 6.07 Å².